The van der Waals surface area contributed by atoms with E-state index in [-0.39, 0.29) is 17.0 Å². The van der Waals surface area contributed by atoms with Gasteiger partial charge < -0.3 is 15.3 Å². The number of rotatable bonds is 2. The van der Waals surface area contributed by atoms with E-state index in [4.69, 9.17) is 10.2 Å². The van der Waals surface area contributed by atoms with Crippen molar-refractivity contribution in [2.24, 2.45) is 10.2 Å². The van der Waals surface area contributed by atoms with E-state index in [0.717, 1.165) is 12.1 Å². The Morgan fingerprint density at radius 3 is 2.50 bits per heavy atom. The Kier molecular flexibility index (Phi) is 2.66. The van der Waals surface area contributed by atoms with Crippen LogP contribution in [0.1, 0.15) is 10.4 Å². The summed E-state index contributed by atoms with van der Waals surface area (Å²) in [4.78, 5) is 10.7. The Morgan fingerprint density at radius 1 is 1.36 bits per heavy atom. The molecule has 0 saturated carbocycles. The summed E-state index contributed by atoms with van der Waals surface area (Å²) in [6, 6.07) is 1.99. The van der Waals surface area contributed by atoms with Crippen LogP contribution in [0.4, 0.5) is 5.69 Å². The van der Waals surface area contributed by atoms with Crippen LogP contribution >= 0.6 is 0 Å². The summed E-state index contributed by atoms with van der Waals surface area (Å²) in [5, 5.41) is 33.8. The third-order valence-electron chi connectivity index (χ3n) is 1.50. The maximum atomic E-state index is 10.7. The van der Waals surface area contributed by atoms with Gasteiger partial charge in [-0.05, 0) is 6.07 Å². The Bertz CT molecular complexity index is 401. The molecule has 6 heteroatoms. The van der Waals surface area contributed by atoms with Crippen LogP contribution in [0, 0.1) is 0 Å². The fourth-order valence-electron chi connectivity index (χ4n) is 0.972. The molecular weight excluding hydrogens is 188 g/mol. The van der Waals surface area contributed by atoms with Gasteiger partial charge >= 0.3 is 5.97 Å². The molecule has 1 aromatic carbocycles. The highest BCUT2D eigenvalue weighted by Crippen LogP contribution is 2.34. The van der Waals surface area contributed by atoms with Crippen LogP contribution in [0.15, 0.2) is 22.4 Å². The number of aromatic carboxylic acids is 1. The largest absolute Gasteiger partial charge is 0.508 e. The summed E-state index contributed by atoms with van der Waals surface area (Å²) in [6.45, 7) is 0. The number of phenols is 2. The molecule has 0 aliphatic carbocycles. The van der Waals surface area contributed by atoms with Gasteiger partial charge in [-0.15, -0.1) is 0 Å². The molecule has 1 aromatic rings. The van der Waals surface area contributed by atoms with Gasteiger partial charge in [0.05, 0.1) is 5.56 Å². The average Bonchev–Trinajstić information content (AvgIpc) is 2.09. The highest BCUT2D eigenvalue weighted by molar-refractivity contribution is 5.95. The first-order chi connectivity index (χ1) is 6.56. The minimum atomic E-state index is -1.29. The number of aromatic hydroxyl groups is 2. The topological polar surface area (TPSA) is 102 Å². The molecule has 0 aliphatic rings. The van der Waals surface area contributed by atoms with Crippen LogP contribution in [-0.2, 0) is 0 Å². The molecule has 0 radical (unpaired) electrons. The Balaban J connectivity index is 3.44. The molecule has 0 aliphatic heterocycles. The first kappa shape index (κ1) is 9.97. The van der Waals surface area contributed by atoms with Crippen molar-refractivity contribution in [3.8, 4) is 11.5 Å². The number of carboxylic acids is 1. The maximum absolute atomic E-state index is 10.7. The third-order valence-corrected chi connectivity index (χ3v) is 1.50. The van der Waals surface area contributed by atoms with Crippen molar-refractivity contribution in [1.29, 1.82) is 0 Å². The summed E-state index contributed by atoms with van der Waals surface area (Å²) in [6.07, 6.45) is 0. The quantitative estimate of drug-likeness (QED) is 0.623. The second-order valence-electron chi connectivity index (χ2n) is 2.47. The van der Waals surface area contributed by atoms with E-state index in [1.54, 1.807) is 0 Å². The van der Waals surface area contributed by atoms with Crippen LogP contribution in [-0.4, -0.2) is 28.3 Å². The molecule has 0 aromatic heterocycles. The molecule has 74 valence electrons. The number of hydrogen-bond acceptors (Lipinski definition) is 5. The molecular formula is C8H8N2O4. The zero-order valence-corrected chi connectivity index (χ0v) is 7.30. The number of hydrogen-bond donors (Lipinski definition) is 3. The third kappa shape index (κ3) is 1.79. The zero-order valence-electron chi connectivity index (χ0n) is 7.30. The lowest BCUT2D eigenvalue weighted by atomic mass is 10.1. The summed E-state index contributed by atoms with van der Waals surface area (Å²) in [5.41, 5.74) is -0.467. The highest BCUT2D eigenvalue weighted by Gasteiger charge is 2.15. The second kappa shape index (κ2) is 3.73. The van der Waals surface area contributed by atoms with E-state index in [1.165, 1.54) is 7.05 Å². The smallest absolute Gasteiger partial charge is 0.338 e. The molecule has 0 spiro atoms. The SMILES string of the molecule is CN=Nc1c(O)cc(O)cc1C(=O)O. The van der Waals surface area contributed by atoms with E-state index < -0.39 is 11.7 Å². The van der Waals surface area contributed by atoms with E-state index in [0.29, 0.717) is 0 Å². The first-order valence-corrected chi connectivity index (χ1v) is 3.65. The molecule has 0 amide bonds. The minimum absolute atomic E-state index is 0.169. The van der Waals surface area contributed by atoms with Crippen LogP contribution in [0.5, 0.6) is 11.5 Å². The number of carbonyl (C=O) groups is 1. The van der Waals surface area contributed by atoms with Crippen molar-refractivity contribution in [2.75, 3.05) is 7.05 Å². The predicted octanol–water partition coefficient (Wildman–Crippen LogP) is 1.51. The Labute approximate surface area is 79.2 Å². The lowest BCUT2D eigenvalue weighted by Gasteiger charge is -2.03. The second-order valence-corrected chi connectivity index (χ2v) is 2.47. The molecule has 3 N–H and O–H groups in total. The van der Waals surface area contributed by atoms with Gasteiger partial charge in [0.2, 0.25) is 0 Å². The molecule has 1 rings (SSSR count). The van der Waals surface area contributed by atoms with Crippen molar-refractivity contribution in [3.63, 3.8) is 0 Å². The van der Waals surface area contributed by atoms with Crippen molar-refractivity contribution in [3.05, 3.63) is 17.7 Å². The molecule has 0 fully saturated rings. The number of benzene rings is 1. The van der Waals surface area contributed by atoms with Crippen molar-refractivity contribution in [1.82, 2.24) is 0 Å². The molecule has 0 bridgehead atoms. The normalized spacial score (nSPS) is 10.6. The molecule has 14 heavy (non-hydrogen) atoms. The van der Waals surface area contributed by atoms with Gasteiger partial charge in [0.25, 0.3) is 0 Å². The van der Waals surface area contributed by atoms with Gasteiger partial charge in [0.15, 0.2) is 0 Å². The minimum Gasteiger partial charge on any atom is -0.508 e. The molecule has 0 atom stereocenters. The van der Waals surface area contributed by atoms with Gasteiger partial charge in [-0.25, -0.2) is 4.79 Å². The monoisotopic (exact) mass is 196 g/mol. The van der Waals surface area contributed by atoms with Gasteiger partial charge in [-0.1, -0.05) is 0 Å². The molecule has 0 saturated heterocycles. The summed E-state index contributed by atoms with van der Waals surface area (Å²) in [7, 11) is 1.35. The van der Waals surface area contributed by atoms with Crippen LogP contribution in [0.3, 0.4) is 0 Å². The fraction of sp³-hybridized carbons (Fsp3) is 0.125. The van der Waals surface area contributed by atoms with E-state index >= 15 is 0 Å². The standard InChI is InChI=1S/C8H8N2O4/c1-9-10-7-5(8(13)14)2-4(11)3-6(7)12/h2-3,11-12H,1H3,(H,13,14). The van der Waals surface area contributed by atoms with Crippen LogP contribution < -0.4 is 0 Å². The van der Waals surface area contributed by atoms with Gasteiger partial charge in [-0.2, -0.15) is 10.2 Å². The lowest BCUT2D eigenvalue weighted by molar-refractivity contribution is 0.0697. The van der Waals surface area contributed by atoms with Crippen molar-refractivity contribution in [2.45, 2.75) is 0 Å². The summed E-state index contributed by atoms with van der Waals surface area (Å²) < 4.78 is 0. The number of carboxylic acid groups (broad SMARTS) is 1. The average molecular weight is 196 g/mol. The number of phenolic OH excluding ortho intramolecular Hbond substituents is 2. The maximum Gasteiger partial charge on any atom is 0.338 e. The van der Waals surface area contributed by atoms with E-state index in [1.807, 2.05) is 0 Å². The van der Waals surface area contributed by atoms with Gasteiger partial charge in [-0.3, -0.25) is 0 Å². The van der Waals surface area contributed by atoms with Crippen molar-refractivity contribution >= 4 is 11.7 Å². The van der Waals surface area contributed by atoms with Crippen molar-refractivity contribution < 1.29 is 20.1 Å². The van der Waals surface area contributed by atoms with Crippen LogP contribution in [0.25, 0.3) is 0 Å². The first-order valence-electron chi connectivity index (χ1n) is 3.65. The summed E-state index contributed by atoms with van der Waals surface area (Å²) >= 11 is 0. The van der Waals surface area contributed by atoms with E-state index in [2.05, 4.69) is 10.2 Å². The number of nitrogens with zero attached hydrogens (tertiary/aromatic N) is 2. The van der Waals surface area contributed by atoms with Crippen LogP contribution in [0.2, 0.25) is 0 Å². The highest BCUT2D eigenvalue weighted by atomic mass is 16.4. The van der Waals surface area contributed by atoms with Gasteiger partial charge in [0, 0.05) is 13.1 Å². The Hall–Kier alpha value is -2.11. The zero-order chi connectivity index (χ0) is 10.7. The predicted molar refractivity (Wildman–Crippen MR) is 47.2 cm³/mol. The molecule has 0 heterocycles. The Morgan fingerprint density at radius 2 is 2.00 bits per heavy atom. The summed E-state index contributed by atoms with van der Waals surface area (Å²) in [5.74, 6) is -2.05. The number of azo groups is 1. The van der Waals surface area contributed by atoms with E-state index in [9.17, 15) is 9.90 Å². The molecule has 6 nitrogen and oxygen atoms in total. The molecule has 0 unspecified atom stereocenters. The van der Waals surface area contributed by atoms with Gasteiger partial charge in [0.1, 0.15) is 17.2 Å². The lowest BCUT2D eigenvalue weighted by Crippen LogP contribution is -1.96. The fourth-order valence-corrected chi connectivity index (χ4v) is 0.972.